The van der Waals surface area contributed by atoms with E-state index in [1.165, 1.54) is 24.3 Å². The number of nitrogens with zero attached hydrogens (tertiary/aromatic N) is 1. The molecule has 0 aromatic heterocycles. The second-order valence-electron chi connectivity index (χ2n) is 6.77. The maximum atomic E-state index is 13.1. The average molecular weight is 408 g/mol. The Morgan fingerprint density at radius 1 is 1.17 bits per heavy atom. The van der Waals surface area contributed by atoms with E-state index in [9.17, 15) is 18.0 Å². The lowest BCUT2D eigenvalue weighted by Gasteiger charge is -2.32. The van der Waals surface area contributed by atoms with Crippen molar-refractivity contribution in [1.82, 2.24) is 10.2 Å². The molecule has 5 nitrogen and oxygen atoms in total. The number of benzene rings is 2. The van der Waals surface area contributed by atoms with Gasteiger partial charge in [-0.1, -0.05) is 24.3 Å². The predicted molar refractivity (Wildman–Crippen MR) is 101 cm³/mol. The van der Waals surface area contributed by atoms with Gasteiger partial charge in [-0.2, -0.15) is 8.78 Å². The van der Waals surface area contributed by atoms with Gasteiger partial charge in [-0.05, 0) is 41.8 Å². The molecule has 0 spiro atoms. The van der Waals surface area contributed by atoms with Crippen molar-refractivity contribution < 1.29 is 27.4 Å². The van der Waals surface area contributed by atoms with E-state index < -0.39 is 6.61 Å². The van der Waals surface area contributed by atoms with E-state index in [2.05, 4.69) is 10.1 Å². The zero-order valence-electron chi connectivity index (χ0n) is 15.8. The zero-order valence-corrected chi connectivity index (χ0v) is 15.8. The highest BCUT2D eigenvalue weighted by Gasteiger charge is 2.23. The first kappa shape index (κ1) is 21.1. The summed E-state index contributed by atoms with van der Waals surface area (Å²) in [5, 5.41) is 2.87. The molecule has 8 heteroatoms. The van der Waals surface area contributed by atoms with Gasteiger partial charge >= 0.3 is 6.61 Å². The topological polar surface area (TPSA) is 50.8 Å². The number of halogens is 3. The highest BCUT2D eigenvalue weighted by molar-refractivity contribution is 5.78. The number of ether oxygens (including phenoxy) is 2. The molecule has 1 atom stereocenters. The van der Waals surface area contributed by atoms with Crippen molar-refractivity contribution in [3.63, 3.8) is 0 Å². The molecule has 1 saturated heterocycles. The molecule has 2 aromatic rings. The number of nitrogens with one attached hydrogen (secondary N) is 1. The fourth-order valence-electron chi connectivity index (χ4n) is 3.17. The van der Waals surface area contributed by atoms with Crippen LogP contribution in [0.25, 0.3) is 0 Å². The van der Waals surface area contributed by atoms with Crippen LogP contribution in [0.3, 0.4) is 0 Å². The summed E-state index contributed by atoms with van der Waals surface area (Å²) in [5.41, 5.74) is 1.80. The molecule has 29 heavy (non-hydrogen) atoms. The van der Waals surface area contributed by atoms with E-state index in [1.54, 1.807) is 24.3 Å². The summed E-state index contributed by atoms with van der Waals surface area (Å²) >= 11 is 0. The normalized spacial score (nSPS) is 17.3. The third-order valence-corrected chi connectivity index (χ3v) is 4.64. The standard InChI is InChI=1S/C21H23F3N2O3/c22-17-5-3-16(4-6-17)19-13-26(11-12-28-19)14-20(27)25-10-9-15-1-7-18(8-2-15)29-21(23)24/h1-8,19,21H,9-14H2,(H,25,27). The smallest absolute Gasteiger partial charge is 0.387 e. The number of amides is 1. The van der Waals surface area contributed by atoms with E-state index in [4.69, 9.17) is 4.74 Å². The van der Waals surface area contributed by atoms with E-state index in [0.717, 1.165) is 11.1 Å². The Kier molecular flexibility index (Phi) is 7.48. The molecule has 0 aliphatic carbocycles. The van der Waals surface area contributed by atoms with E-state index in [-0.39, 0.29) is 30.1 Å². The predicted octanol–water partition coefficient (Wildman–Crippen LogP) is 3.16. The highest BCUT2D eigenvalue weighted by atomic mass is 19.3. The summed E-state index contributed by atoms with van der Waals surface area (Å²) in [6, 6.07) is 12.5. The van der Waals surface area contributed by atoms with Crippen LogP contribution in [0.4, 0.5) is 13.2 Å². The van der Waals surface area contributed by atoms with Crippen LogP contribution in [-0.4, -0.2) is 50.2 Å². The van der Waals surface area contributed by atoms with Crippen LogP contribution in [0.2, 0.25) is 0 Å². The third-order valence-electron chi connectivity index (χ3n) is 4.64. The molecule has 1 aliphatic rings. The molecule has 1 unspecified atom stereocenters. The molecular formula is C21H23F3N2O3. The number of carbonyl (C=O) groups is 1. The molecule has 0 bridgehead atoms. The molecule has 3 rings (SSSR count). The number of hydrogen-bond acceptors (Lipinski definition) is 4. The summed E-state index contributed by atoms with van der Waals surface area (Å²) in [6.07, 6.45) is 0.397. The van der Waals surface area contributed by atoms with Gasteiger partial charge in [0.1, 0.15) is 11.6 Å². The monoisotopic (exact) mass is 408 g/mol. The SMILES string of the molecule is O=C(CN1CCOC(c2ccc(F)cc2)C1)NCCc1ccc(OC(F)F)cc1. The van der Waals surface area contributed by atoms with Gasteiger partial charge in [0.05, 0.1) is 19.3 Å². The van der Waals surface area contributed by atoms with E-state index >= 15 is 0 Å². The van der Waals surface area contributed by atoms with Crippen LogP contribution >= 0.6 is 0 Å². The lowest BCUT2D eigenvalue weighted by atomic mass is 10.1. The van der Waals surface area contributed by atoms with Gasteiger partial charge in [0, 0.05) is 19.6 Å². The minimum absolute atomic E-state index is 0.0950. The Hall–Kier alpha value is -2.58. The van der Waals surface area contributed by atoms with Gasteiger partial charge in [0.2, 0.25) is 5.91 Å². The number of alkyl halides is 2. The van der Waals surface area contributed by atoms with Crippen molar-refractivity contribution >= 4 is 5.91 Å². The summed E-state index contributed by atoms with van der Waals surface area (Å²) in [5.74, 6) is -0.282. The largest absolute Gasteiger partial charge is 0.435 e. The Bertz CT molecular complexity index is 785. The van der Waals surface area contributed by atoms with Gasteiger partial charge in [-0.3, -0.25) is 9.69 Å². The lowest BCUT2D eigenvalue weighted by molar-refractivity contribution is -0.124. The molecule has 1 fully saturated rings. The molecule has 0 radical (unpaired) electrons. The summed E-state index contributed by atoms with van der Waals surface area (Å²) in [6.45, 7) is -0.436. The molecule has 0 saturated carbocycles. The molecule has 2 aromatic carbocycles. The zero-order chi connectivity index (χ0) is 20.6. The Morgan fingerprint density at radius 2 is 1.90 bits per heavy atom. The number of rotatable bonds is 8. The maximum Gasteiger partial charge on any atom is 0.387 e. The number of carbonyl (C=O) groups excluding carboxylic acids is 1. The third kappa shape index (κ3) is 6.76. The van der Waals surface area contributed by atoms with Gasteiger partial charge in [0.15, 0.2) is 0 Å². The average Bonchev–Trinajstić information content (AvgIpc) is 2.70. The van der Waals surface area contributed by atoms with Crippen molar-refractivity contribution in [2.24, 2.45) is 0 Å². The quantitative estimate of drug-likeness (QED) is 0.729. The van der Waals surface area contributed by atoms with Gasteiger partial charge < -0.3 is 14.8 Å². The van der Waals surface area contributed by atoms with Crippen molar-refractivity contribution in [3.05, 3.63) is 65.5 Å². The number of morpholine rings is 1. The second-order valence-corrected chi connectivity index (χ2v) is 6.77. The number of hydrogen-bond donors (Lipinski definition) is 1. The summed E-state index contributed by atoms with van der Waals surface area (Å²) in [4.78, 5) is 14.2. The van der Waals surface area contributed by atoms with Gasteiger partial charge in [-0.25, -0.2) is 4.39 Å². The molecular weight excluding hydrogens is 385 g/mol. The fourth-order valence-corrected chi connectivity index (χ4v) is 3.17. The van der Waals surface area contributed by atoms with Crippen LogP contribution in [0.1, 0.15) is 17.2 Å². The fraction of sp³-hybridized carbons (Fsp3) is 0.381. The first-order valence-corrected chi connectivity index (χ1v) is 9.39. The molecule has 1 aliphatic heterocycles. The van der Waals surface area contributed by atoms with Crippen LogP contribution in [0, 0.1) is 5.82 Å². The van der Waals surface area contributed by atoms with Crippen molar-refractivity contribution in [2.75, 3.05) is 32.8 Å². The Labute approximate surface area is 167 Å². The molecule has 1 heterocycles. The van der Waals surface area contributed by atoms with Gasteiger partial charge in [-0.15, -0.1) is 0 Å². The summed E-state index contributed by atoms with van der Waals surface area (Å²) in [7, 11) is 0. The lowest BCUT2D eigenvalue weighted by Crippen LogP contribution is -2.44. The highest BCUT2D eigenvalue weighted by Crippen LogP contribution is 2.22. The summed E-state index contributed by atoms with van der Waals surface area (Å²) < 4.78 is 47.4. The Balaban J connectivity index is 1.40. The second kappa shape index (κ2) is 10.3. The van der Waals surface area contributed by atoms with Crippen LogP contribution < -0.4 is 10.1 Å². The van der Waals surface area contributed by atoms with Crippen LogP contribution in [-0.2, 0) is 16.0 Å². The van der Waals surface area contributed by atoms with E-state index in [0.29, 0.717) is 32.7 Å². The maximum absolute atomic E-state index is 13.1. The molecule has 1 amide bonds. The minimum Gasteiger partial charge on any atom is -0.435 e. The molecule has 1 N–H and O–H groups in total. The molecule has 156 valence electrons. The van der Waals surface area contributed by atoms with Crippen molar-refractivity contribution in [3.8, 4) is 5.75 Å². The van der Waals surface area contributed by atoms with Crippen molar-refractivity contribution in [2.45, 2.75) is 19.1 Å². The first-order chi connectivity index (χ1) is 14.0. The first-order valence-electron chi connectivity index (χ1n) is 9.39. The van der Waals surface area contributed by atoms with Crippen LogP contribution in [0.15, 0.2) is 48.5 Å². The Morgan fingerprint density at radius 3 is 2.59 bits per heavy atom. The van der Waals surface area contributed by atoms with Gasteiger partial charge in [0.25, 0.3) is 0 Å². The van der Waals surface area contributed by atoms with Crippen molar-refractivity contribution in [1.29, 1.82) is 0 Å². The minimum atomic E-state index is -2.84. The van der Waals surface area contributed by atoms with Crippen LogP contribution in [0.5, 0.6) is 5.75 Å². The van der Waals surface area contributed by atoms with E-state index in [1.807, 2.05) is 4.90 Å².